The van der Waals surface area contributed by atoms with Crippen molar-refractivity contribution >= 4 is 11.7 Å². The fourth-order valence-corrected chi connectivity index (χ4v) is 3.27. The number of allylic oxidation sites excluding steroid dienone is 2. The predicted molar refractivity (Wildman–Crippen MR) is 93.9 cm³/mol. The average Bonchev–Trinajstić information content (AvgIpc) is 2.97. The fourth-order valence-electron chi connectivity index (χ4n) is 3.27. The molecule has 3 heterocycles. The van der Waals surface area contributed by atoms with Crippen molar-refractivity contribution in [3.8, 4) is 0 Å². The minimum absolute atomic E-state index is 0.0336. The van der Waals surface area contributed by atoms with Gasteiger partial charge in [-0.1, -0.05) is 6.08 Å². The number of ether oxygens (including phenoxy) is 1. The second kappa shape index (κ2) is 7.31. The zero-order chi connectivity index (χ0) is 18.8. The number of halogens is 2. The number of dihydropyridines is 1. The van der Waals surface area contributed by atoms with Crippen molar-refractivity contribution < 1.29 is 18.3 Å². The van der Waals surface area contributed by atoms with Crippen LogP contribution in [0, 0.1) is 0 Å². The number of rotatable bonds is 6. The topological polar surface area (TPSA) is 66.5 Å². The van der Waals surface area contributed by atoms with Gasteiger partial charge in [0.05, 0.1) is 12.6 Å². The molecule has 1 aromatic rings. The number of fused-ring (bicyclic) bond motifs is 1. The van der Waals surface area contributed by atoms with Crippen LogP contribution in [0.25, 0.3) is 0 Å². The highest BCUT2D eigenvalue weighted by Gasteiger charge is 2.34. The lowest BCUT2D eigenvalue weighted by atomic mass is 10.0. The monoisotopic (exact) mass is 364 g/mol. The highest BCUT2D eigenvalue weighted by molar-refractivity contribution is 6.00. The molecule has 0 aromatic carbocycles. The molecule has 26 heavy (non-hydrogen) atoms. The van der Waals surface area contributed by atoms with Crippen LogP contribution in [-0.4, -0.2) is 48.5 Å². The number of aromatic nitrogens is 1. The molecule has 0 radical (unpaired) electrons. The molecule has 0 saturated carbocycles. The maximum absolute atomic E-state index is 12.8. The Balaban J connectivity index is 1.78. The molecule has 3 rings (SSSR count). The first-order chi connectivity index (χ1) is 12.4. The molecular weight excluding hydrogens is 342 g/mol. The number of hydrogen-bond acceptors (Lipinski definition) is 5. The van der Waals surface area contributed by atoms with E-state index in [1.807, 2.05) is 13.0 Å². The smallest absolute Gasteiger partial charge is 0.272 e. The van der Waals surface area contributed by atoms with Crippen LogP contribution in [0.2, 0.25) is 0 Å². The van der Waals surface area contributed by atoms with Crippen molar-refractivity contribution in [2.75, 3.05) is 25.5 Å². The molecule has 1 amide bonds. The maximum atomic E-state index is 12.8. The van der Waals surface area contributed by atoms with Gasteiger partial charge in [-0.25, -0.2) is 13.8 Å². The van der Waals surface area contributed by atoms with Gasteiger partial charge in [-0.05, 0) is 25.5 Å². The largest absolute Gasteiger partial charge is 0.473 e. The van der Waals surface area contributed by atoms with Crippen LogP contribution in [0.15, 0.2) is 35.4 Å². The van der Waals surface area contributed by atoms with E-state index in [4.69, 9.17) is 4.74 Å². The Morgan fingerprint density at radius 1 is 1.46 bits per heavy atom. The molecule has 8 heteroatoms. The third kappa shape index (κ3) is 3.36. The Bertz CT molecular complexity index is 776. The van der Waals surface area contributed by atoms with E-state index in [9.17, 15) is 13.6 Å². The Hall–Kier alpha value is -2.64. The van der Waals surface area contributed by atoms with Gasteiger partial charge in [0, 0.05) is 36.5 Å². The number of alkyl halides is 2. The van der Waals surface area contributed by atoms with Crippen molar-refractivity contribution in [1.29, 1.82) is 0 Å². The molecule has 0 spiro atoms. The number of pyridine rings is 1. The van der Waals surface area contributed by atoms with Crippen molar-refractivity contribution in [3.63, 3.8) is 0 Å². The Morgan fingerprint density at radius 3 is 2.88 bits per heavy atom. The average molecular weight is 364 g/mol. The lowest BCUT2D eigenvalue weighted by molar-refractivity contribution is 0.0416. The van der Waals surface area contributed by atoms with Crippen LogP contribution in [0.5, 0.6) is 0 Å². The SMILES string of the molecule is CNc1nccc2c1CN(C(C)C1=CC(C)=C(OCC(F)F)NC1)C2=O. The van der Waals surface area contributed by atoms with E-state index in [2.05, 4.69) is 15.6 Å². The van der Waals surface area contributed by atoms with E-state index >= 15 is 0 Å². The molecule has 140 valence electrons. The van der Waals surface area contributed by atoms with E-state index in [-0.39, 0.29) is 11.9 Å². The molecule has 2 aliphatic rings. The van der Waals surface area contributed by atoms with Crippen LogP contribution < -0.4 is 10.6 Å². The minimum atomic E-state index is -2.52. The van der Waals surface area contributed by atoms with E-state index in [0.29, 0.717) is 30.4 Å². The van der Waals surface area contributed by atoms with E-state index in [0.717, 1.165) is 16.7 Å². The highest BCUT2D eigenvalue weighted by atomic mass is 19.3. The van der Waals surface area contributed by atoms with Gasteiger partial charge in [-0.2, -0.15) is 0 Å². The first-order valence-electron chi connectivity index (χ1n) is 8.45. The van der Waals surface area contributed by atoms with Crippen LogP contribution in [0.1, 0.15) is 29.8 Å². The zero-order valence-electron chi connectivity index (χ0n) is 15.0. The summed E-state index contributed by atoms with van der Waals surface area (Å²) in [6, 6.07) is 1.60. The molecule has 0 fully saturated rings. The van der Waals surface area contributed by atoms with Crippen molar-refractivity contribution in [2.45, 2.75) is 32.9 Å². The number of hydrogen-bond donors (Lipinski definition) is 2. The summed E-state index contributed by atoms with van der Waals surface area (Å²) in [5, 5.41) is 6.05. The van der Waals surface area contributed by atoms with Crippen LogP contribution in [-0.2, 0) is 11.3 Å². The lowest BCUT2D eigenvalue weighted by Gasteiger charge is -2.30. The third-order valence-corrected chi connectivity index (χ3v) is 4.68. The van der Waals surface area contributed by atoms with Gasteiger partial charge in [0.25, 0.3) is 12.3 Å². The van der Waals surface area contributed by atoms with Crippen LogP contribution >= 0.6 is 0 Å². The summed E-state index contributed by atoms with van der Waals surface area (Å²) >= 11 is 0. The van der Waals surface area contributed by atoms with E-state index < -0.39 is 13.0 Å². The van der Waals surface area contributed by atoms with Gasteiger partial charge >= 0.3 is 0 Å². The summed E-state index contributed by atoms with van der Waals surface area (Å²) in [6.45, 7) is 4.03. The van der Waals surface area contributed by atoms with Crippen LogP contribution in [0.4, 0.5) is 14.6 Å². The highest BCUT2D eigenvalue weighted by Crippen LogP contribution is 2.31. The molecule has 1 unspecified atom stereocenters. The number of anilines is 1. The molecule has 6 nitrogen and oxygen atoms in total. The number of carbonyl (C=O) groups excluding carboxylic acids is 1. The van der Waals surface area contributed by atoms with Gasteiger partial charge in [-0.3, -0.25) is 4.79 Å². The Kier molecular flexibility index (Phi) is 5.11. The van der Waals surface area contributed by atoms with Gasteiger partial charge in [-0.15, -0.1) is 0 Å². The third-order valence-electron chi connectivity index (χ3n) is 4.68. The summed E-state index contributed by atoms with van der Waals surface area (Å²) in [7, 11) is 1.78. The molecule has 1 aromatic heterocycles. The first-order valence-corrected chi connectivity index (χ1v) is 8.45. The second-order valence-electron chi connectivity index (χ2n) is 6.33. The summed E-state index contributed by atoms with van der Waals surface area (Å²) in [5.41, 5.74) is 3.28. The number of amides is 1. The van der Waals surface area contributed by atoms with Crippen molar-refractivity contribution in [3.05, 3.63) is 46.5 Å². The van der Waals surface area contributed by atoms with E-state index in [1.54, 1.807) is 31.1 Å². The summed E-state index contributed by atoms with van der Waals surface area (Å²) in [5.74, 6) is 1.03. The summed E-state index contributed by atoms with van der Waals surface area (Å²) in [4.78, 5) is 18.8. The van der Waals surface area contributed by atoms with Gasteiger partial charge in [0.15, 0.2) is 12.5 Å². The second-order valence-corrected chi connectivity index (χ2v) is 6.33. The standard InChI is InChI=1S/C18H22F2N4O2/c1-10-6-12(7-23-17(10)26-9-15(19)20)11(2)24-8-14-13(18(24)25)4-5-22-16(14)21-3/h4-6,11,15,23H,7-9H2,1-3H3,(H,21,22). The van der Waals surface area contributed by atoms with Gasteiger partial charge < -0.3 is 20.3 Å². The first kappa shape index (κ1) is 18.2. The number of carbonyl (C=O) groups is 1. The minimum Gasteiger partial charge on any atom is -0.473 e. The van der Waals surface area contributed by atoms with E-state index in [1.165, 1.54) is 0 Å². The Labute approximate surface area is 150 Å². The summed E-state index contributed by atoms with van der Waals surface area (Å²) < 4.78 is 29.7. The molecule has 0 bridgehead atoms. The lowest BCUT2D eigenvalue weighted by Crippen LogP contribution is -2.39. The molecular formula is C18H22F2N4O2. The normalized spacial score (nSPS) is 17.8. The quantitative estimate of drug-likeness (QED) is 0.812. The van der Waals surface area contributed by atoms with Gasteiger partial charge in [0.2, 0.25) is 0 Å². The molecule has 2 N–H and O–H groups in total. The fraction of sp³-hybridized carbons (Fsp3) is 0.444. The molecule has 2 aliphatic heterocycles. The number of nitrogens with one attached hydrogen (secondary N) is 2. The van der Waals surface area contributed by atoms with Gasteiger partial charge in [0.1, 0.15) is 5.82 Å². The van der Waals surface area contributed by atoms with Crippen molar-refractivity contribution in [1.82, 2.24) is 15.2 Å². The van der Waals surface area contributed by atoms with Crippen LogP contribution in [0.3, 0.4) is 0 Å². The predicted octanol–water partition coefficient (Wildman–Crippen LogP) is 2.51. The molecule has 0 saturated heterocycles. The molecule has 1 atom stereocenters. The zero-order valence-corrected chi connectivity index (χ0v) is 15.0. The summed E-state index contributed by atoms with van der Waals surface area (Å²) in [6.07, 6.45) is 1.00. The number of nitrogens with zero attached hydrogens (tertiary/aromatic N) is 2. The maximum Gasteiger partial charge on any atom is 0.272 e. The Morgan fingerprint density at radius 2 is 2.23 bits per heavy atom. The molecule has 0 aliphatic carbocycles. The van der Waals surface area contributed by atoms with Crippen molar-refractivity contribution in [2.24, 2.45) is 0 Å².